The van der Waals surface area contributed by atoms with Gasteiger partial charge in [0.05, 0.1) is 18.6 Å². The molecule has 0 spiro atoms. The minimum atomic E-state index is -0.552. The highest BCUT2D eigenvalue weighted by Crippen LogP contribution is 2.43. The number of methoxy groups -OCH3 is 1. The second kappa shape index (κ2) is 9.37. The Labute approximate surface area is 189 Å². The van der Waals surface area contributed by atoms with Gasteiger partial charge in [0, 0.05) is 24.9 Å². The second-order valence-corrected chi connectivity index (χ2v) is 8.28. The van der Waals surface area contributed by atoms with Crippen molar-refractivity contribution in [2.45, 2.75) is 25.8 Å². The van der Waals surface area contributed by atoms with Crippen LogP contribution in [0.4, 0.5) is 5.69 Å². The number of nitrogens with one attached hydrogen (secondary N) is 1. The molecule has 0 radical (unpaired) electrons. The summed E-state index contributed by atoms with van der Waals surface area (Å²) in [6, 6.07) is 22.7. The number of hydrogen-bond acceptors (Lipinski definition) is 3. The largest absolute Gasteiger partial charge is 0.383 e. The highest BCUT2D eigenvalue weighted by atomic mass is 16.5. The molecule has 5 heteroatoms. The topological polar surface area (TPSA) is 58.6 Å². The van der Waals surface area contributed by atoms with Gasteiger partial charge in [-0.1, -0.05) is 54.6 Å². The van der Waals surface area contributed by atoms with Crippen molar-refractivity contribution in [3.63, 3.8) is 0 Å². The molecule has 1 heterocycles. The number of fused-ring (bicyclic) bond motifs is 1. The lowest BCUT2D eigenvalue weighted by molar-refractivity contribution is -0.119. The van der Waals surface area contributed by atoms with E-state index in [0.717, 1.165) is 27.9 Å². The van der Waals surface area contributed by atoms with Crippen LogP contribution in [-0.2, 0) is 9.53 Å². The first-order chi connectivity index (χ1) is 15.5. The molecular formula is C27H28N2O3. The number of anilines is 1. The Balaban J connectivity index is 1.82. The number of carbonyl (C=O) groups is 2. The first kappa shape index (κ1) is 21.8. The summed E-state index contributed by atoms with van der Waals surface area (Å²) in [5.74, 6) is -0.767. The van der Waals surface area contributed by atoms with E-state index in [1.165, 1.54) is 0 Å². The van der Waals surface area contributed by atoms with Gasteiger partial charge in [-0.25, -0.2) is 0 Å². The lowest BCUT2D eigenvalue weighted by atomic mass is 9.79. The number of amides is 2. The van der Waals surface area contributed by atoms with Gasteiger partial charge < -0.3 is 15.0 Å². The van der Waals surface area contributed by atoms with Crippen LogP contribution in [0, 0.1) is 13.8 Å². The van der Waals surface area contributed by atoms with Gasteiger partial charge in [-0.2, -0.15) is 0 Å². The van der Waals surface area contributed by atoms with Crippen molar-refractivity contribution in [1.29, 1.82) is 0 Å². The molecule has 0 unspecified atom stereocenters. The first-order valence-electron chi connectivity index (χ1n) is 10.8. The SMILES string of the molecule is COCCN1C(=O)c2ccccc2[C@@H](C(=O)Nc2cc(C)cc(C)c2)[C@@H]1c1ccccc1. The van der Waals surface area contributed by atoms with Crippen LogP contribution in [0.1, 0.15) is 44.6 Å². The van der Waals surface area contributed by atoms with Crippen LogP contribution in [0.15, 0.2) is 72.8 Å². The van der Waals surface area contributed by atoms with Gasteiger partial charge in [-0.05, 0) is 54.3 Å². The molecular weight excluding hydrogens is 400 g/mol. The molecule has 164 valence electrons. The molecule has 0 aromatic heterocycles. The molecule has 4 rings (SSSR count). The molecule has 2 atom stereocenters. The molecule has 0 fully saturated rings. The Hall–Kier alpha value is -3.44. The molecule has 1 aliphatic rings. The van der Waals surface area contributed by atoms with Gasteiger partial charge >= 0.3 is 0 Å². The molecule has 5 nitrogen and oxygen atoms in total. The maximum absolute atomic E-state index is 13.8. The van der Waals surface area contributed by atoms with Gasteiger partial charge in [-0.15, -0.1) is 0 Å². The van der Waals surface area contributed by atoms with Crippen molar-refractivity contribution < 1.29 is 14.3 Å². The van der Waals surface area contributed by atoms with Crippen LogP contribution >= 0.6 is 0 Å². The fourth-order valence-corrected chi connectivity index (χ4v) is 4.60. The predicted molar refractivity (Wildman–Crippen MR) is 126 cm³/mol. The van der Waals surface area contributed by atoms with Crippen LogP contribution in [0.5, 0.6) is 0 Å². The Kier molecular flexibility index (Phi) is 6.37. The van der Waals surface area contributed by atoms with E-state index in [-0.39, 0.29) is 11.8 Å². The number of ether oxygens (including phenoxy) is 1. The van der Waals surface area contributed by atoms with E-state index >= 15 is 0 Å². The third-order valence-electron chi connectivity index (χ3n) is 5.89. The van der Waals surface area contributed by atoms with Crippen LogP contribution < -0.4 is 5.32 Å². The molecule has 0 saturated carbocycles. The second-order valence-electron chi connectivity index (χ2n) is 8.28. The molecule has 2 amide bonds. The number of rotatable bonds is 6. The maximum Gasteiger partial charge on any atom is 0.254 e. The van der Waals surface area contributed by atoms with Gasteiger partial charge in [-0.3, -0.25) is 9.59 Å². The van der Waals surface area contributed by atoms with Crippen molar-refractivity contribution in [2.24, 2.45) is 0 Å². The molecule has 0 bridgehead atoms. The van der Waals surface area contributed by atoms with Gasteiger partial charge in [0.1, 0.15) is 0 Å². The van der Waals surface area contributed by atoms with E-state index in [0.29, 0.717) is 18.7 Å². The van der Waals surface area contributed by atoms with Crippen LogP contribution in [0.25, 0.3) is 0 Å². The summed E-state index contributed by atoms with van der Waals surface area (Å²) in [7, 11) is 1.62. The summed E-state index contributed by atoms with van der Waals surface area (Å²) in [6.07, 6.45) is 0. The van der Waals surface area contributed by atoms with Crippen LogP contribution in [0.2, 0.25) is 0 Å². The summed E-state index contributed by atoms with van der Waals surface area (Å²) < 4.78 is 5.29. The number of hydrogen-bond donors (Lipinski definition) is 1. The van der Waals surface area contributed by atoms with Crippen molar-refractivity contribution in [1.82, 2.24) is 4.90 Å². The number of benzene rings is 3. The zero-order valence-corrected chi connectivity index (χ0v) is 18.7. The molecule has 3 aromatic rings. The molecule has 0 aliphatic carbocycles. The van der Waals surface area contributed by atoms with Crippen molar-refractivity contribution in [3.8, 4) is 0 Å². The van der Waals surface area contributed by atoms with Crippen molar-refractivity contribution in [2.75, 3.05) is 25.6 Å². The summed E-state index contributed by atoms with van der Waals surface area (Å²) >= 11 is 0. The van der Waals surface area contributed by atoms with E-state index < -0.39 is 12.0 Å². The fraction of sp³-hybridized carbons (Fsp3) is 0.259. The average Bonchev–Trinajstić information content (AvgIpc) is 2.78. The van der Waals surface area contributed by atoms with Gasteiger partial charge in [0.2, 0.25) is 5.91 Å². The summed E-state index contributed by atoms with van der Waals surface area (Å²) in [5.41, 5.74) is 5.17. The molecule has 1 N–H and O–H groups in total. The Morgan fingerprint density at radius 2 is 1.62 bits per heavy atom. The summed E-state index contributed by atoms with van der Waals surface area (Å²) in [5, 5.41) is 3.12. The van der Waals surface area contributed by atoms with Gasteiger partial charge in [0.15, 0.2) is 0 Å². The average molecular weight is 429 g/mol. The fourth-order valence-electron chi connectivity index (χ4n) is 4.60. The predicted octanol–water partition coefficient (Wildman–Crippen LogP) is 4.87. The first-order valence-corrected chi connectivity index (χ1v) is 10.8. The van der Waals surface area contributed by atoms with E-state index in [9.17, 15) is 9.59 Å². The molecule has 3 aromatic carbocycles. The Morgan fingerprint density at radius 1 is 0.969 bits per heavy atom. The molecule has 32 heavy (non-hydrogen) atoms. The summed E-state index contributed by atoms with van der Waals surface area (Å²) in [4.78, 5) is 29.0. The maximum atomic E-state index is 13.8. The van der Waals surface area contributed by atoms with E-state index in [4.69, 9.17) is 4.74 Å². The quantitative estimate of drug-likeness (QED) is 0.609. The zero-order valence-electron chi connectivity index (χ0n) is 18.7. The monoisotopic (exact) mass is 428 g/mol. The normalized spacial score (nSPS) is 17.7. The van der Waals surface area contributed by atoms with Crippen LogP contribution in [-0.4, -0.2) is 37.0 Å². The number of carbonyl (C=O) groups excluding carboxylic acids is 2. The Morgan fingerprint density at radius 3 is 2.31 bits per heavy atom. The van der Waals surface area contributed by atoms with E-state index in [2.05, 4.69) is 11.4 Å². The molecule has 0 saturated heterocycles. The van der Waals surface area contributed by atoms with Crippen molar-refractivity contribution in [3.05, 3.63) is 101 Å². The number of aryl methyl sites for hydroxylation is 2. The van der Waals surface area contributed by atoms with Crippen molar-refractivity contribution >= 4 is 17.5 Å². The third-order valence-corrected chi connectivity index (χ3v) is 5.89. The minimum Gasteiger partial charge on any atom is -0.383 e. The lowest BCUT2D eigenvalue weighted by Gasteiger charge is -2.41. The summed E-state index contributed by atoms with van der Waals surface area (Å²) in [6.45, 7) is 4.81. The number of nitrogens with zero attached hydrogens (tertiary/aromatic N) is 1. The zero-order chi connectivity index (χ0) is 22.7. The lowest BCUT2D eigenvalue weighted by Crippen LogP contribution is -2.47. The third kappa shape index (κ3) is 4.30. The standard InChI is InChI=1S/C27H28N2O3/c1-18-15-19(2)17-21(16-18)28-26(30)24-22-11-7-8-12-23(22)27(31)29(13-14-32-3)25(24)20-9-5-4-6-10-20/h4-12,15-17,24-25H,13-14H2,1-3H3,(H,28,30)/t24-,25+/m1/s1. The Bertz CT molecular complexity index is 1110. The van der Waals surface area contributed by atoms with E-state index in [1.54, 1.807) is 18.1 Å². The van der Waals surface area contributed by atoms with Gasteiger partial charge in [0.25, 0.3) is 5.91 Å². The molecule has 1 aliphatic heterocycles. The smallest absolute Gasteiger partial charge is 0.254 e. The minimum absolute atomic E-state index is 0.0815. The highest BCUT2D eigenvalue weighted by Gasteiger charge is 2.43. The highest BCUT2D eigenvalue weighted by molar-refractivity contribution is 6.04. The van der Waals surface area contributed by atoms with Crippen LogP contribution in [0.3, 0.4) is 0 Å². The van der Waals surface area contributed by atoms with E-state index in [1.807, 2.05) is 74.5 Å².